The highest BCUT2D eigenvalue weighted by molar-refractivity contribution is 5.20. The molecular weight excluding hydrogens is 248 g/mol. The van der Waals surface area contributed by atoms with Crippen molar-refractivity contribution in [3.63, 3.8) is 0 Å². The number of ether oxygens (including phenoxy) is 1. The summed E-state index contributed by atoms with van der Waals surface area (Å²) in [6.07, 6.45) is 2.83. The fraction of sp³-hybridized carbons (Fsp3) is 0.529. The molecule has 2 unspecified atom stereocenters. The zero-order valence-electron chi connectivity index (χ0n) is 12.4. The van der Waals surface area contributed by atoms with Crippen LogP contribution in [0.4, 0.5) is 0 Å². The van der Waals surface area contributed by atoms with E-state index in [1.54, 1.807) is 0 Å². The van der Waals surface area contributed by atoms with Crippen LogP contribution in [0.1, 0.15) is 24.9 Å². The van der Waals surface area contributed by atoms with Gasteiger partial charge in [-0.1, -0.05) is 36.4 Å². The molecule has 2 rings (SSSR count). The largest absolute Gasteiger partial charge is 0.380 e. The first-order valence-electron chi connectivity index (χ1n) is 7.52. The average Bonchev–Trinajstić information content (AvgIpc) is 2.48. The number of benzene rings is 1. The Morgan fingerprint density at radius 1 is 1.35 bits per heavy atom. The van der Waals surface area contributed by atoms with Gasteiger partial charge in [-0.3, -0.25) is 4.90 Å². The molecule has 1 heterocycles. The highest BCUT2D eigenvalue weighted by Gasteiger charge is 2.26. The number of hydrogen-bond acceptors (Lipinski definition) is 3. The molecular formula is C17H26N2O. The van der Waals surface area contributed by atoms with Gasteiger partial charge in [0.1, 0.15) is 0 Å². The van der Waals surface area contributed by atoms with Gasteiger partial charge in [-0.05, 0) is 18.9 Å². The highest BCUT2D eigenvalue weighted by atomic mass is 16.5. The third-order valence-electron chi connectivity index (χ3n) is 3.78. The molecule has 0 radical (unpaired) electrons. The molecule has 1 N–H and O–H groups in total. The van der Waals surface area contributed by atoms with Crippen LogP contribution < -0.4 is 5.32 Å². The van der Waals surface area contributed by atoms with Gasteiger partial charge in [0.15, 0.2) is 0 Å². The molecule has 0 aromatic heterocycles. The van der Waals surface area contributed by atoms with E-state index in [9.17, 15) is 0 Å². The topological polar surface area (TPSA) is 24.5 Å². The lowest BCUT2D eigenvalue weighted by atomic mass is 10.0. The first kappa shape index (κ1) is 15.2. The van der Waals surface area contributed by atoms with E-state index in [4.69, 9.17) is 4.74 Å². The Labute approximate surface area is 122 Å². The monoisotopic (exact) mass is 274 g/mol. The van der Waals surface area contributed by atoms with Crippen molar-refractivity contribution >= 4 is 0 Å². The van der Waals surface area contributed by atoms with E-state index in [0.717, 1.165) is 39.3 Å². The van der Waals surface area contributed by atoms with Gasteiger partial charge in [0.2, 0.25) is 0 Å². The summed E-state index contributed by atoms with van der Waals surface area (Å²) in [6, 6.07) is 11.7. The summed E-state index contributed by atoms with van der Waals surface area (Å²) in [4.78, 5) is 2.53. The number of hydrogen-bond donors (Lipinski definition) is 1. The third-order valence-corrected chi connectivity index (χ3v) is 3.78. The predicted molar refractivity (Wildman–Crippen MR) is 83.9 cm³/mol. The summed E-state index contributed by atoms with van der Waals surface area (Å²) in [7, 11) is 0. The zero-order valence-corrected chi connectivity index (χ0v) is 12.4. The Hall–Kier alpha value is -1.16. The average molecular weight is 274 g/mol. The van der Waals surface area contributed by atoms with Crippen LogP contribution in [-0.2, 0) is 4.74 Å². The number of piperazine rings is 1. The third kappa shape index (κ3) is 4.44. The van der Waals surface area contributed by atoms with Crippen molar-refractivity contribution in [3.8, 4) is 0 Å². The molecule has 0 aliphatic carbocycles. The van der Waals surface area contributed by atoms with Crippen LogP contribution >= 0.6 is 0 Å². The Balaban J connectivity index is 1.89. The number of nitrogens with one attached hydrogen (secondary N) is 1. The lowest BCUT2D eigenvalue weighted by Gasteiger charge is -2.39. The summed E-state index contributed by atoms with van der Waals surface area (Å²) in [5.41, 5.74) is 1.39. The van der Waals surface area contributed by atoms with Crippen molar-refractivity contribution in [1.82, 2.24) is 10.2 Å². The summed E-state index contributed by atoms with van der Waals surface area (Å²) in [6.45, 7) is 10.6. The van der Waals surface area contributed by atoms with Crippen molar-refractivity contribution in [2.24, 2.45) is 0 Å². The van der Waals surface area contributed by atoms with Crippen LogP contribution in [0.3, 0.4) is 0 Å². The minimum atomic E-state index is 0.454. The van der Waals surface area contributed by atoms with Gasteiger partial charge in [-0.2, -0.15) is 0 Å². The number of rotatable bonds is 7. The standard InChI is InChI=1S/C17H26N2O/c1-3-4-11-20-12-10-19-14-15(2)18-13-17(19)16-8-6-5-7-9-16/h3,5-9,15,17-18H,1,4,10-14H2,2H3. The maximum Gasteiger partial charge on any atom is 0.0593 e. The van der Waals surface area contributed by atoms with Gasteiger partial charge in [-0.25, -0.2) is 0 Å². The maximum absolute atomic E-state index is 5.66. The molecule has 20 heavy (non-hydrogen) atoms. The van der Waals surface area contributed by atoms with Crippen molar-refractivity contribution in [2.45, 2.75) is 25.4 Å². The Morgan fingerprint density at radius 3 is 2.90 bits per heavy atom. The van der Waals surface area contributed by atoms with E-state index < -0.39 is 0 Å². The second-order valence-corrected chi connectivity index (χ2v) is 5.42. The van der Waals surface area contributed by atoms with Crippen molar-refractivity contribution in [2.75, 3.05) is 32.8 Å². The van der Waals surface area contributed by atoms with Crippen LogP contribution in [0, 0.1) is 0 Å². The van der Waals surface area contributed by atoms with E-state index in [1.807, 2.05) is 6.08 Å². The molecule has 0 spiro atoms. The molecule has 0 saturated carbocycles. The lowest BCUT2D eigenvalue weighted by Crippen LogP contribution is -2.51. The smallest absolute Gasteiger partial charge is 0.0593 e. The molecule has 3 heteroatoms. The molecule has 1 aliphatic heterocycles. The fourth-order valence-corrected chi connectivity index (χ4v) is 2.69. The predicted octanol–water partition coefficient (Wildman–Crippen LogP) is 2.61. The Kier molecular flexibility index (Phi) is 6.25. The Bertz CT molecular complexity index is 393. The van der Waals surface area contributed by atoms with Crippen molar-refractivity contribution in [3.05, 3.63) is 48.6 Å². The molecule has 110 valence electrons. The minimum Gasteiger partial charge on any atom is -0.380 e. The molecule has 0 bridgehead atoms. The molecule has 1 aliphatic rings. The molecule has 0 amide bonds. The molecule has 1 saturated heterocycles. The molecule has 1 aromatic carbocycles. The van der Waals surface area contributed by atoms with E-state index in [-0.39, 0.29) is 0 Å². The quantitative estimate of drug-likeness (QED) is 0.611. The van der Waals surface area contributed by atoms with E-state index in [1.165, 1.54) is 5.56 Å². The summed E-state index contributed by atoms with van der Waals surface area (Å²) < 4.78 is 5.66. The van der Waals surface area contributed by atoms with E-state index >= 15 is 0 Å². The van der Waals surface area contributed by atoms with Gasteiger partial charge in [0, 0.05) is 31.7 Å². The molecule has 1 fully saturated rings. The van der Waals surface area contributed by atoms with Crippen molar-refractivity contribution in [1.29, 1.82) is 0 Å². The van der Waals surface area contributed by atoms with Crippen LogP contribution in [0.15, 0.2) is 43.0 Å². The first-order chi connectivity index (χ1) is 9.81. The van der Waals surface area contributed by atoms with Gasteiger partial charge in [-0.15, -0.1) is 6.58 Å². The van der Waals surface area contributed by atoms with Crippen LogP contribution in [0.25, 0.3) is 0 Å². The molecule has 2 atom stereocenters. The normalized spacial score (nSPS) is 23.6. The van der Waals surface area contributed by atoms with Crippen molar-refractivity contribution < 1.29 is 4.74 Å². The first-order valence-corrected chi connectivity index (χ1v) is 7.52. The molecule has 3 nitrogen and oxygen atoms in total. The Morgan fingerprint density at radius 2 is 2.15 bits per heavy atom. The van der Waals surface area contributed by atoms with Crippen LogP contribution in [0.5, 0.6) is 0 Å². The van der Waals surface area contributed by atoms with Gasteiger partial charge < -0.3 is 10.1 Å². The second kappa shape index (κ2) is 8.20. The summed E-state index contributed by atoms with van der Waals surface area (Å²) in [5.74, 6) is 0. The van der Waals surface area contributed by atoms with E-state index in [2.05, 4.69) is 54.1 Å². The van der Waals surface area contributed by atoms with Crippen LogP contribution in [0.2, 0.25) is 0 Å². The fourth-order valence-electron chi connectivity index (χ4n) is 2.69. The van der Waals surface area contributed by atoms with E-state index in [0.29, 0.717) is 12.1 Å². The van der Waals surface area contributed by atoms with Gasteiger partial charge in [0.25, 0.3) is 0 Å². The lowest BCUT2D eigenvalue weighted by molar-refractivity contribution is 0.0690. The minimum absolute atomic E-state index is 0.454. The highest BCUT2D eigenvalue weighted by Crippen LogP contribution is 2.23. The molecule has 1 aromatic rings. The number of nitrogens with zero attached hydrogens (tertiary/aromatic N) is 1. The van der Waals surface area contributed by atoms with Gasteiger partial charge in [0.05, 0.1) is 13.2 Å². The maximum atomic E-state index is 5.66. The zero-order chi connectivity index (χ0) is 14.2. The van der Waals surface area contributed by atoms with Crippen LogP contribution in [-0.4, -0.2) is 43.8 Å². The SMILES string of the molecule is C=CCCOCCN1CC(C)NCC1c1ccccc1. The van der Waals surface area contributed by atoms with Gasteiger partial charge >= 0.3 is 0 Å². The summed E-state index contributed by atoms with van der Waals surface area (Å²) in [5, 5.41) is 3.58. The summed E-state index contributed by atoms with van der Waals surface area (Å²) >= 11 is 0. The second-order valence-electron chi connectivity index (χ2n) is 5.42.